The molecule has 27 heavy (non-hydrogen) atoms. The van der Waals surface area contributed by atoms with Crippen LogP contribution in [0.4, 0.5) is 0 Å². The molecule has 4 heteroatoms. The quantitative estimate of drug-likeness (QED) is 0.164. The van der Waals surface area contributed by atoms with Gasteiger partial charge >= 0.3 is 5.97 Å². The molecule has 1 aliphatic rings. The van der Waals surface area contributed by atoms with Crippen molar-refractivity contribution in [1.82, 2.24) is 0 Å². The minimum Gasteiger partial charge on any atom is -0.481 e. The van der Waals surface area contributed by atoms with E-state index in [-0.39, 0.29) is 23.9 Å². The largest absolute Gasteiger partial charge is 0.481 e. The number of carbonyl (C=O) groups is 2. The Bertz CT molecular complexity index is 518. The summed E-state index contributed by atoms with van der Waals surface area (Å²) in [6.07, 6.45) is 21.9. The number of carbonyl (C=O) groups excluding carboxylic acids is 1. The molecule has 4 nitrogen and oxygen atoms in total. The molecule has 3 unspecified atom stereocenters. The van der Waals surface area contributed by atoms with Crippen molar-refractivity contribution in [2.75, 3.05) is 0 Å². The second-order valence-corrected chi connectivity index (χ2v) is 7.33. The third-order valence-corrected chi connectivity index (χ3v) is 4.79. The average Bonchev–Trinajstić information content (AvgIpc) is 3.42. The molecule has 0 saturated carbocycles. The smallest absolute Gasteiger partial charge is 0.306 e. The number of unbranched alkanes of at least 4 members (excludes halogenated alkanes) is 4. The Labute approximate surface area is 164 Å². The zero-order valence-corrected chi connectivity index (χ0v) is 16.9. The Morgan fingerprint density at radius 1 is 1.00 bits per heavy atom. The van der Waals surface area contributed by atoms with Gasteiger partial charge in [0.2, 0.25) is 0 Å². The summed E-state index contributed by atoms with van der Waals surface area (Å²) in [5.74, 6) is -0.994. The third kappa shape index (κ3) is 11.6. The maximum absolute atomic E-state index is 12.0. The maximum Gasteiger partial charge on any atom is 0.306 e. The van der Waals surface area contributed by atoms with E-state index in [1.807, 2.05) is 6.08 Å². The van der Waals surface area contributed by atoms with Crippen LogP contribution in [0.1, 0.15) is 78.1 Å². The number of epoxide rings is 1. The molecule has 152 valence electrons. The van der Waals surface area contributed by atoms with Crippen molar-refractivity contribution in [3.63, 3.8) is 0 Å². The molecule has 0 amide bonds. The Kier molecular flexibility index (Phi) is 12.4. The van der Waals surface area contributed by atoms with Crippen LogP contribution in [0, 0.1) is 5.92 Å². The van der Waals surface area contributed by atoms with Crippen LogP contribution in [0.5, 0.6) is 0 Å². The minimum absolute atomic E-state index is 0.0238. The van der Waals surface area contributed by atoms with E-state index < -0.39 is 5.97 Å². The summed E-state index contributed by atoms with van der Waals surface area (Å²) in [4.78, 5) is 22.7. The van der Waals surface area contributed by atoms with Crippen molar-refractivity contribution in [3.05, 3.63) is 36.5 Å². The molecule has 1 aliphatic heterocycles. The van der Waals surface area contributed by atoms with Gasteiger partial charge in [-0.05, 0) is 44.6 Å². The van der Waals surface area contributed by atoms with Gasteiger partial charge in [0.05, 0.1) is 12.0 Å². The van der Waals surface area contributed by atoms with E-state index in [0.717, 1.165) is 38.5 Å². The van der Waals surface area contributed by atoms with Crippen LogP contribution in [0.15, 0.2) is 36.5 Å². The second kappa shape index (κ2) is 14.4. The van der Waals surface area contributed by atoms with E-state index in [2.05, 4.69) is 31.2 Å². The molecular weight excluding hydrogens is 340 g/mol. The van der Waals surface area contributed by atoms with Gasteiger partial charge in [0.25, 0.3) is 0 Å². The summed E-state index contributed by atoms with van der Waals surface area (Å²) >= 11 is 0. The van der Waals surface area contributed by atoms with E-state index in [1.54, 1.807) is 13.0 Å². The first kappa shape index (κ1) is 23.4. The molecule has 1 heterocycles. The third-order valence-electron chi connectivity index (χ3n) is 4.79. The van der Waals surface area contributed by atoms with Crippen LogP contribution in [0.2, 0.25) is 0 Å². The van der Waals surface area contributed by atoms with Crippen LogP contribution in [-0.4, -0.2) is 29.1 Å². The zero-order chi connectivity index (χ0) is 19.9. The molecule has 0 aromatic heterocycles. The lowest BCUT2D eigenvalue weighted by Crippen LogP contribution is -2.09. The highest BCUT2D eigenvalue weighted by atomic mass is 16.6. The van der Waals surface area contributed by atoms with E-state index in [0.29, 0.717) is 6.42 Å². The van der Waals surface area contributed by atoms with E-state index in [9.17, 15) is 9.59 Å². The van der Waals surface area contributed by atoms with Crippen molar-refractivity contribution in [1.29, 1.82) is 0 Å². The van der Waals surface area contributed by atoms with Crippen molar-refractivity contribution >= 4 is 11.8 Å². The van der Waals surface area contributed by atoms with Crippen LogP contribution in [0.3, 0.4) is 0 Å². The first-order valence-electron chi connectivity index (χ1n) is 10.4. The first-order valence-corrected chi connectivity index (χ1v) is 10.4. The normalized spacial score (nSPS) is 20.7. The maximum atomic E-state index is 12.0. The molecule has 1 rings (SSSR count). The molecule has 1 N–H and O–H groups in total. The Morgan fingerprint density at radius 3 is 2.41 bits per heavy atom. The van der Waals surface area contributed by atoms with Gasteiger partial charge in [-0.25, -0.2) is 0 Å². The van der Waals surface area contributed by atoms with Crippen LogP contribution in [-0.2, 0) is 14.3 Å². The first-order chi connectivity index (χ1) is 13.1. The van der Waals surface area contributed by atoms with Crippen LogP contribution >= 0.6 is 0 Å². The molecule has 0 bridgehead atoms. The highest BCUT2D eigenvalue weighted by Gasteiger charge is 2.42. The van der Waals surface area contributed by atoms with Gasteiger partial charge in [-0.1, -0.05) is 69.9 Å². The monoisotopic (exact) mass is 376 g/mol. The number of ether oxygens (including phenoxy) is 1. The standard InChI is InChI=1S/C23H36O4/c1-3-4-5-6-7-8-9-10-11-12-13-17-20(24)22-21(27-22)18-15-14-16-19(2)23(25)26/h7-8,10-11,13,17,19,21-22H,3-6,9,12,14-16,18H2,1-2H3,(H,25,26)/b8-7-,11-10-,17-13-. The van der Waals surface area contributed by atoms with Crippen LogP contribution < -0.4 is 0 Å². The summed E-state index contributed by atoms with van der Waals surface area (Å²) < 4.78 is 5.44. The summed E-state index contributed by atoms with van der Waals surface area (Å²) in [6.45, 7) is 3.94. The van der Waals surface area contributed by atoms with Crippen molar-refractivity contribution in [3.8, 4) is 0 Å². The van der Waals surface area contributed by atoms with Crippen molar-refractivity contribution in [2.45, 2.75) is 90.3 Å². The molecule has 0 aromatic carbocycles. The summed E-state index contributed by atoms with van der Waals surface area (Å²) in [5.41, 5.74) is 0. The van der Waals surface area contributed by atoms with Gasteiger partial charge in [-0.2, -0.15) is 0 Å². The number of hydrogen-bond acceptors (Lipinski definition) is 3. The molecule has 1 fully saturated rings. The highest BCUT2D eigenvalue weighted by Crippen LogP contribution is 2.29. The zero-order valence-electron chi connectivity index (χ0n) is 16.9. The molecular formula is C23H36O4. The molecule has 0 spiro atoms. The summed E-state index contributed by atoms with van der Waals surface area (Å²) in [5, 5.41) is 8.84. The van der Waals surface area contributed by atoms with Gasteiger partial charge in [-0.3, -0.25) is 9.59 Å². The predicted octanol–water partition coefficient (Wildman–Crippen LogP) is 5.63. The lowest BCUT2D eigenvalue weighted by molar-refractivity contribution is -0.141. The number of allylic oxidation sites excluding steroid dienone is 5. The van der Waals surface area contributed by atoms with E-state index in [1.165, 1.54) is 19.3 Å². The van der Waals surface area contributed by atoms with E-state index >= 15 is 0 Å². The molecule has 0 aliphatic carbocycles. The number of carboxylic acid groups (broad SMARTS) is 1. The average molecular weight is 377 g/mol. The minimum atomic E-state index is -0.743. The Hall–Kier alpha value is -1.68. The Morgan fingerprint density at radius 2 is 1.70 bits per heavy atom. The SMILES string of the molecule is CCCCC/C=C\C/C=C\C/C=C\C(=O)C1OC1CCCCC(C)C(=O)O. The van der Waals surface area contributed by atoms with Gasteiger partial charge in [0, 0.05) is 0 Å². The lowest BCUT2D eigenvalue weighted by atomic mass is 10.0. The fourth-order valence-corrected chi connectivity index (χ4v) is 2.89. The fraction of sp³-hybridized carbons (Fsp3) is 0.652. The van der Waals surface area contributed by atoms with Gasteiger partial charge in [0.15, 0.2) is 5.78 Å². The van der Waals surface area contributed by atoms with Crippen molar-refractivity contribution in [2.24, 2.45) is 5.92 Å². The number of aliphatic carboxylic acids is 1. The summed E-state index contributed by atoms with van der Waals surface area (Å²) in [7, 11) is 0. The molecule has 3 atom stereocenters. The van der Waals surface area contributed by atoms with Gasteiger partial charge in [0.1, 0.15) is 6.10 Å². The van der Waals surface area contributed by atoms with E-state index in [4.69, 9.17) is 9.84 Å². The van der Waals surface area contributed by atoms with Gasteiger partial charge in [-0.15, -0.1) is 0 Å². The number of hydrogen-bond donors (Lipinski definition) is 1. The predicted molar refractivity (Wildman–Crippen MR) is 110 cm³/mol. The summed E-state index contributed by atoms with van der Waals surface area (Å²) in [6, 6.07) is 0. The second-order valence-electron chi connectivity index (χ2n) is 7.33. The highest BCUT2D eigenvalue weighted by molar-refractivity contribution is 5.95. The number of carboxylic acids is 1. The topological polar surface area (TPSA) is 66.9 Å². The van der Waals surface area contributed by atoms with Crippen molar-refractivity contribution < 1.29 is 19.4 Å². The molecule has 0 aromatic rings. The number of rotatable bonds is 16. The molecule has 0 radical (unpaired) electrons. The number of ketones is 1. The molecule has 1 saturated heterocycles. The van der Waals surface area contributed by atoms with Gasteiger partial charge < -0.3 is 9.84 Å². The Balaban J connectivity index is 2.03. The fourth-order valence-electron chi connectivity index (χ4n) is 2.89. The lowest BCUT2D eigenvalue weighted by Gasteiger charge is -2.04. The van der Waals surface area contributed by atoms with Crippen LogP contribution in [0.25, 0.3) is 0 Å².